The van der Waals surface area contributed by atoms with E-state index in [-0.39, 0.29) is 17.4 Å². The highest BCUT2D eigenvalue weighted by Gasteiger charge is 2.33. The molecule has 35 heavy (non-hydrogen) atoms. The number of anilines is 3. The molecule has 3 N–H and O–H groups in total. The average Bonchev–Trinajstić information content (AvgIpc) is 3.43. The van der Waals surface area contributed by atoms with Crippen molar-refractivity contribution in [2.24, 2.45) is 0 Å². The van der Waals surface area contributed by atoms with E-state index in [1.807, 2.05) is 6.92 Å². The highest BCUT2D eigenvalue weighted by Crippen LogP contribution is 2.34. The number of hydrogen-bond donors (Lipinski definition) is 3. The number of nitrogens with zero attached hydrogens (tertiary/aromatic N) is 2. The summed E-state index contributed by atoms with van der Waals surface area (Å²) in [6.07, 6.45) is -4.61. The SMILES string of the molecule is Cc1cc(C(=O)Nc2cc(NC(=O)c3cc(N4CNC(C)C4)cc(C(F)(F)F)c3)ccc2C)on1. The van der Waals surface area contributed by atoms with Crippen LogP contribution in [0, 0.1) is 13.8 Å². The van der Waals surface area contributed by atoms with Gasteiger partial charge in [-0.2, -0.15) is 13.2 Å². The summed E-state index contributed by atoms with van der Waals surface area (Å²) >= 11 is 0. The Labute approximate surface area is 199 Å². The summed E-state index contributed by atoms with van der Waals surface area (Å²) in [5.74, 6) is -1.20. The summed E-state index contributed by atoms with van der Waals surface area (Å²) in [6, 6.07) is 9.70. The summed E-state index contributed by atoms with van der Waals surface area (Å²) in [5.41, 5.74) is 1.25. The lowest BCUT2D eigenvalue weighted by Gasteiger charge is -2.20. The number of carbonyl (C=O) groups excluding carboxylic acids is 2. The van der Waals surface area contributed by atoms with E-state index in [9.17, 15) is 22.8 Å². The van der Waals surface area contributed by atoms with E-state index in [0.29, 0.717) is 41.5 Å². The molecule has 1 fully saturated rings. The topological polar surface area (TPSA) is 99.5 Å². The maximum atomic E-state index is 13.5. The molecule has 1 aliphatic heterocycles. The first kappa shape index (κ1) is 24.3. The molecule has 2 aromatic carbocycles. The molecule has 3 aromatic rings. The summed E-state index contributed by atoms with van der Waals surface area (Å²) in [6.45, 7) is 6.28. The molecule has 1 aromatic heterocycles. The minimum absolute atomic E-state index is 0.0264. The third kappa shape index (κ3) is 5.62. The molecule has 0 bridgehead atoms. The molecule has 0 radical (unpaired) electrons. The van der Waals surface area contributed by atoms with Crippen LogP contribution in [0.4, 0.5) is 30.2 Å². The summed E-state index contributed by atoms with van der Waals surface area (Å²) in [7, 11) is 0. The minimum Gasteiger partial charge on any atom is -0.357 e. The predicted molar refractivity (Wildman–Crippen MR) is 125 cm³/mol. The Morgan fingerprint density at radius 2 is 1.86 bits per heavy atom. The molecule has 184 valence electrons. The van der Waals surface area contributed by atoms with Gasteiger partial charge in [0.2, 0.25) is 5.76 Å². The van der Waals surface area contributed by atoms with Gasteiger partial charge in [0.05, 0.1) is 17.9 Å². The third-order valence-corrected chi connectivity index (χ3v) is 5.59. The van der Waals surface area contributed by atoms with Gasteiger partial charge < -0.3 is 20.1 Å². The van der Waals surface area contributed by atoms with Crippen molar-refractivity contribution in [3.05, 3.63) is 70.6 Å². The fourth-order valence-corrected chi connectivity index (χ4v) is 3.70. The van der Waals surface area contributed by atoms with Crippen LogP contribution < -0.4 is 20.9 Å². The Balaban J connectivity index is 1.57. The predicted octanol–water partition coefficient (Wildman–Crippen LogP) is 4.57. The number of alkyl halides is 3. The lowest BCUT2D eigenvalue weighted by molar-refractivity contribution is -0.137. The monoisotopic (exact) mass is 487 g/mol. The highest BCUT2D eigenvalue weighted by atomic mass is 19.4. The third-order valence-electron chi connectivity index (χ3n) is 5.59. The number of hydrogen-bond acceptors (Lipinski definition) is 6. The van der Waals surface area contributed by atoms with Crippen molar-refractivity contribution in [2.75, 3.05) is 28.7 Å². The molecule has 1 atom stereocenters. The van der Waals surface area contributed by atoms with Gasteiger partial charge in [0.1, 0.15) is 0 Å². The standard InChI is InChI=1S/C24H24F3N5O3/c1-13-4-5-18(10-20(13)30-23(34)21-6-14(2)31-35-21)29-22(33)16-7-17(24(25,26)27)9-19(8-16)32-11-15(3)28-12-32/h4-10,15,28H,11-12H2,1-3H3,(H,29,33)(H,30,34). The number of benzene rings is 2. The van der Waals surface area contributed by atoms with Gasteiger partial charge in [-0.15, -0.1) is 0 Å². The van der Waals surface area contributed by atoms with E-state index in [0.717, 1.165) is 12.1 Å². The number of carbonyl (C=O) groups is 2. The molecule has 4 rings (SSSR count). The van der Waals surface area contributed by atoms with Crippen LogP contribution in [0.2, 0.25) is 0 Å². The molecule has 2 heterocycles. The number of aromatic nitrogens is 1. The molecule has 8 nitrogen and oxygen atoms in total. The second-order valence-corrected chi connectivity index (χ2v) is 8.52. The van der Waals surface area contributed by atoms with Crippen LogP contribution in [0.5, 0.6) is 0 Å². The van der Waals surface area contributed by atoms with Crippen LogP contribution >= 0.6 is 0 Å². The van der Waals surface area contributed by atoms with Crippen LogP contribution in [0.3, 0.4) is 0 Å². The zero-order chi connectivity index (χ0) is 25.3. The molecule has 0 aliphatic carbocycles. The number of amides is 2. The molecule has 1 aliphatic rings. The van der Waals surface area contributed by atoms with Gasteiger partial charge in [-0.3, -0.25) is 14.9 Å². The van der Waals surface area contributed by atoms with Crippen molar-refractivity contribution in [1.29, 1.82) is 0 Å². The Bertz CT molecular complexity index is 1270. The second kappa shape index (κ2) is 9.41. The van der Waals surface area contributed by atoms with Gasteiger partial charge in [-0.1, -0.05) is 11.2 Å². The Kier molecular flexibility index (Phi) is 6.53. The van der Waals surface area contributed by atoms with Gasteiger partial charge in [0, 0.05) is 41.3 Å². The van der Waals surface area contributed by atoms with Crippen molar-refractivity contribution in [1.82, 2.24) is 10.5 Å². The van der Waals surface area contributed by atoms with Crippen molar-refractivity contribution in [3.63, 3.8) is 0 Å². The normalized spacial score (nSPS) is 15.8. The fraction of sp³-hybridized carbons (Fsp3) is 0.292. The lowest BCUT2D eigenvalue weighted by atomic mass is 10.1. The second-order valence-electron chi connectivity index (χ2n) is 8.52. The first-order chi connectivity index (χ1) is 16.5. The molecular weight excluding hydrogens is 463 g/mol. The summed E-state index contributed by atoms with van der Waals surface area (Å²) < 4.78 is 45.6. The number of nitrogens with one attached hydrogen (secondary N) is 3. The van der Waals surface area contributed by atoms with E-state index in [2.05, 4.69) is 21.1 Å². The highest BCUT2D eigenvalue weighted by molar-refractivity contribution is 6.06. The largest absolute Gasteiger partial charge is 0.416 e. The van der Waals surface area contributed by atoms with Gasteiger partial charge in [-0.05, 0) is 56.7 Å². The zero-order valence-electron chi connectivity index (χ0n) is 19.3. The van der Waals surface area contributed by atoms with E-state index in [1.165, 1.54) is 18.2 Å². The number of halogens is 3. The van der Waals surface area contributed by atoms with Crippen LogP contribution in [0.25, 0.3) is 0 Å². The van der Waals surface area contributed by atoms with E-state index >= 15 is 0 Å². The first-order valence-corrected chi connectivity index (χ1v) is 10.9. The summed E-state index contributed by atoms with van der Waals surface area (Å²) in [4.78, 5) is 27.1. The van der Waals surface area contributed by atoms with Gasteiger partial charge in [0.25, 0.3) is 11.8 Å². The average molecular weight is 487 g/mol. The molecular formula is C24H24F3N5O3. The Morgan fingerprint density at radius 3 is 2.49 bits per heavy atom. The van der Waals surface area contributed by atoms with Gasteiger partial charge >= 0.3 is 6.18 Å². The van der Waals surface area contributed by atoms with Crippen LogP contribution in [0.15, 0.2) is 47.0 Å². The van der Waals surface area contributed by atoms with Crippen LogP contribution in [0.1, 0.15) is 44.7 Å². The maximum absolute atomic E-state index is 13.5. The number of rotatable bonds is 5. The molecule has 11 heteroatoms. The van der Waals surface area contributed by atoms with E-state index in [1.54, 1.807) is 30.9 Å². The maximum Gasteiger partial charge on any atom is 0.416 e. The summed E-state index contributed by atoms with van der Waals surface area (Å²) in [5, 5.41) is 12.1. The Hall–Kier alpha value is -3.86. The molecule has 1 saturated heterocycles. The van der Waals surface area contributed by atoms with E-state index in [4.69, 9.17) is 4.52 Å². The molecule has 2 amide bonds. The smallest absolute Gasteiger partial charge is 0.357 e. The quantitative estimate of drug-likeness (QED) is 0.488. The van der Waals surface area contributed by atoms with E-state index < -0.39 is 23.6 Å². The van der Waals surface area contributed by atoms with Gasteiger partial charge in [0.15, 0.2) is 0 Å². The molecule has 0 saturated carbocycles. The molecule has 0 spiro atoms. The molecule has 1 unspecified atom stereocenters. The Morgan fingerprint density at radius 1 is 1.09 bits per heavy atom. The van der Waals surface area contributed by atoms with Gasteiger partial charge in [-0.25, -0.2) is 0 Å². The minimum atomic E-state index is -4.61. The van der Waals surface area contributed by atoms with Crippen molar-refractivity contribution < 1.29 is 27.3 Å². The zero-order valence-corrected chi connectivity index (χ0v) is 19.3. The van der Waals surface area contributed by atoms with Crippen molar-refractivity contribution in [2.45, 2.75) is 33.0 Å². The van der Waals surface area contributed by atoms with Crippen LogP contribution in [-0.4, -0.2) is 36.2 Å². The fourth-order valence-electron chi connectivity index (χ4n) is 3.70. The van der Waals surface area contributed by atoms with Crippen molar-refractivity contribution in [3.8, 4) is 0 Å². The van der Waals surface area contributed by atoms with Crippen molar-refractivity contribution >= 4 is 28.9 Å². The van der Waals surface area contributed by atoms with Crippen LogP contribution in [-0.2, 0) is 6.18 Å². The lowest BCUT2D eigenvalue weighted by Crippen LogP contribution is -2.23. The first-order valence-electron chi connectivity index (χ1n) is 10.9. The number of aryl methyl sites for hydroxylation is 2.